The first-order valence-corrected chi connectivity index (χ1v) is 9.77. The predicted molar refractivity (Wildman–Crippen MR) is 113 cm³/mol. The zero-order valence-electron chi connectivity index (χ0n) is 15.4. The van der Waals surface area contributed by atoms with Crippen molar-refractivity contribution in [3.05, 3.63) is 66.7 Å². The Hall–Kier alpha value is -2.79. The van der Waals surface area contributed by atoms with Gasteiger partial charge in [0.25, 0.3) is 0 Å². The summed E-state index contributed by atoms with van der Waals surface area (Å²) in [5, 5.41) is 7.82. The Morgan fingerprint density at radius 3 is 2.37 bits per heavy atom. The van der Waals surface area contributed by atoms with Crippen LogP contribution in [0.5, 0.6) is 0 Å². The summed E-state index contributed by atoms with van der Waals surface area (Å²) < 4.78 is 0. The molecule has 0 aliphatic heterocycles. The van der Waals surface area contributed by atoms with E-state index in [1.54, 1.807) is 0 Å². The van der Waals surface area contributed by atoms with Crippen LogP contribution in [0.4, 0.5) is 11.4 Å². The molecule has 0 heterocycles. The number of benzene rings is 3. The SMILES string of the molecule is CCC(Sc1cccc(NC(C)=O)c1)C(=O)Nc1ccc2ccccc2c1. The van der Waals surface area contributed by atoms with Gasteiger partial charge in [0.15, 0.2) is 0 Å². The van der Waals surface area contributed by atoms with Gasteiger partial charge in [0.05, 0.1) is 5.25 Å². The van der Waals surface area contributed by atoms with Crippen molar-refractivity contribution in [3.63, 3.8) is 0 Å². The number of carbonyl (C=O) groups excluding carboxylic acids is 2. The molecule has 0 radical (unpaired) electrons. The van der Waals surface area contributed by atoms with Gasteiger partial charge in [0.1, 0.15) is 0 Å². The van der Waals surface area contributed by atoms with Crippen LogP contribution in [0.2, 0.25) is 0 Å². The van der Waals surface area contributed by atoms with E-state index >= 15 is 0 Å². The summed E-state index contributed by atoms with van der Waals surface area (Å²) in [5.74, 6) is -0.138. The fraction of sp³-hybridized carbons (Fsp3) is 0.182. The Kier molecular flexibility index (Phi) is 6.14. The Labute approximate surface area is 163 Å². The minimum absolute atomic E-state index is 0.0253. The van der Waals surface area contributed by atoms with E-state index in [-0.39, 0.29) is 17.1 Å². The van der Waals surface area contributed by atoms with E-state index in [0.717, 1.165) is 27.0 Å². The third kappa shape index (κ3) is 5.11. The molecule has 3 aromatic rings. The van der Waals surface area contributed by atoms with E-state index in [4.69, 9.17) is 0 Å². The minimum Gasteiger partial charge on any atom is -0.326 e. The molecule has 5 heteroatoms. The largest absolute Gasteiger partial charge is 0.326 e. The lowest BCUT2D eigenvalue weighted by Crippen LogP contribution is -2.24. The summed E-state index contributed by atoms with van der Waals surface area (Å²) in [6.45, 7) is 3.47. The van der Waals surface area contributed by atoms with Gasteiger partial charge in [-0.25, -0.2) is 0 Å². The van der Waals surface area contributed by atoms with E-state index in [1.807, 2.05) is 73.7 Å². The van der Waals surface area contributed by atoms with Crippen molar-refractivity contribution in [1.82, 2.24) is 0 Å². The number of carbonyl (C=O) groups is 2. The van der Waals surface area contributed by atoms with Crippen molar-refractivity contribution in [1.29, 1.82) is 0 Å². The van der Waals surface area contributed by atoms with Gasteiger partial charge in [-0.15, -0.1) is 11.8 Å². The number of nitrogens with one attached hydrogen (secondary N) is 2. The van der Waals surface area contributed by atoms with Gasteiger partial charge >= 0.3 is 0 Å². The molecule has 0 bridgehead atoms. The maximum absolute atomic E-state index is 12.7. The van der Waals surface area contributed by atoms with E-state index in [0.29, 0.717) is 6.42 Å². The van der Waals surface area contributed by atoms with Crippen LogP contribution in [0.15, 0.2) is 71.6 Å². The molecule has 2 N–H and O–H groups in total. The molecule has 1 atom stereocenters. The van der Waals surface area contributed by atoms with Crippen LogP contribution in [0.3, 0.4) is 0 Å². The van der Waals surface area contributed by atoms with Gasteiger partial charge in [0.2, 0.25) is 11.8 Å². The van der Waals surface area contributed by atoms with Crippen LogP contribution in [0, 0.1) is 0 Å². The number of hydrogen-bond acceptors (Lipinski definition) is 3. The zero-order chi connectivity index (χ0) is 19.2. The van der Waals surface area contributed by atoms with E-state index < -0.39 is 0 Å². The average molecular weight is 378 g/mol. The molecule has 0 spiro atoms. The number of hydrogen-bond donors (Lipinski definition) is 2. The number of anilines is 2. The van der Waals surface area contributed by atoms with Gasteiger partial charge in [0, 0.05) is 23.2 Å². The van der Waals surface area contributed by atoms with Crippen molar-refractivity contribution in [2.45, 2.75) is 30.4 Å². The standard InChI is InChI=1S/C22H22N2O2S/c1-3-21(27-20-10-6-9-18(14-20)23-15(2)25)22(26)24-19-12-11-16-7-4-5-8-17(16)13-19/h4-14,21H,3H2,1-2H3,(H,23,25)(H,24,26). The number of fused-ring (bicyclic) bond motifs is 1. The van der Waals surface area contributed by atoms with Crippen molar-refractivity contribution in [2.24, 2.45) is 0 Å². The fourth-order valence-electron chi connectivity index (χ4n) is 2.83. The number of rotatable bonds is 6. The second-order valence-electron chi connectivity index (χ2n) is 6.27. The summed E-state index contributed by atoms with van der Waals surface area (Å²) in [4.78, 5) is 24.9. The lowest BCUT2D eigenvalue weighted by molar-refractivity contribution is -0.116. The molecular formula is C22H22N2O2S. The van der Waals surface area contributed by atoms with Gasteiger partial charge < -0.3 is 10.6 Å². The summed E-state index contributed by atoms with van der Waals surface area (Å²) in [7, 11) is 0. The Morgan fingerprint density at radius 1 is 0.889 bits per heavy atom. The first-order valence-electron chi connectivity index (χ1n) is 8.89. The molecule has 27 heavy (non-hydrogen) atoms. The predicted octanol–water partition coefficient (Wildman–Crippen LogP) is 5.31. The van der Waals surface area contributed by atoms with Crippen LogP contribution in [-0.2, 0) is 9.59 Å². The number of amides is 2. The molecule has 3 aromatic carbocycles. The Bertz CT molecular complexity index is 971. The Morgan fingerprint density at radius 2 is 1.63 bits per heavy atom. The monoisotopic (exact) mass is 378 g/mol. The topological polar surface area (TPSA) is 58.2 Å². The molecule has 2 amide bonds. The summed E-state index contributed by atoms with van der Waals surface area (Å²) in [6.07, 6.45) is 0.703. The van der Waals surface area contributed by atoms with Gasteiger partial charge in [-0.05, 0) is 47.5 Å². The van der Waals surface area contributed by atoms with Crippen molar-refractivity contribution in [2.75, 3.05) is 10.6 Å². The number of thioether (sulfide) groups is 1. The molecule has 0 saturated heterocycles. The van der Waals surface area contributed by atoms with E-state index in [9.17, 15) is 9.59 Å². The highest BCUT2D eigenvalue weighted by atomic mass is 32.2. The molecule has 0 saturated carbocycles. The van der Waals surface area contributed by atoms with Crippen LogP contribution in [0.25, 0.3) is 10.8 Å². The third-order valence-corrected chi connectivity index (χ3v) is 5.47. The molecule has 0 aliphatic carbocycles. The normalized spacial score (nSPS) is 11.8. The lowest BCUT2D eigenvalue weighted by atomic mass is 10.1. The molecule has 1 unspecified atom stereocenters. The van der Waals surface area contributed by atoms with Crippen molar-refractivity contribution in [3.8, 4) is 0 Å². The maximum Gasteiger partial charge on any atom is 0.237 e. The molecule has 0 aliphatic rings. The zero-order valence-corrected chi connectivity index (χ0v) is 16.2. The van der Waals surface area contributed by atoms with Crippen molar-refractivity contribution < 1.29 is 9.59 Å². The van der Waals surface area contributed by atoms with E-state index in [2.05, 4.69) is 10.6 Å². The second kappa shape index (κ2) is 8.73. The van der Waals surface area contributed by atoms with Gasteiger partial charge in [-0.1, -0.05) is 43.3 Å². The van der Waals surface area contributed by atoms with Gasteiger partial charge in [-0.3, -0.25) is 9.59 Å². The Balaban J connectivity index is 1.70. The fourth-order valence-corrected chi connectivity index (χ4v) is 3.84. The molecular weight excluding hydrogens is 356 g/mol. The lowest BCUT2D eigenvalue weighted by Gasteiger charge is -2.15. The summed E-state index contributed by atoms with van der Waals surface area (Å²) >= 11 is 1.50. The van der Waals surface area contributed by atoms with Crippen LogP contribution < -0.4 is 10.6 Å². The highest BCUT2D eigenvalue weighted by Crippen LogP contribution is 2.29. The molecule has 138 valence electrons. The first-order chi connectivity index (χ1) is 13.0. The molecule has 0 fully saturated rings. The molecule has 4 nitrogen and oxygen atoms in total. The molecule has 0 aromatic heterocycles. The van der Waals surface area contributed by atoms with Crippen LogP contribution >= 0.6 is 11.8 Å². The third-order valence-electron chi connectivity index (χ3n) is 4.11. The highest BCUT2D eigenvalue weighted by molar-refractivity contribution is 8.00. The van der Waals surface area contributed by atoms with E-state index in [1.165, 1.54) is 18.7 Å². The summed E-state index contributed by atoms with van der Waals surface area (Å²) in [6, 6.07) is 21.5. The van der Waals surface area contributed by atoms with Crippen LogP contribution in [0.1, 0.15) is 20.3 Å². The quantitative estimate of drug-likeness (QED) is 0.572. The van der Waals surface area contributed by atoms with Gasteiger partial charge in [-0.2, -0.15) is 0 Å². The average Bonchev–Trinajstić information content (AvgIpc) is 2.65. The van der Waals surface area contributed by atoms with Crippen molar-refractivity contribution >= 4 is 45.7 Å². The molecule has 3 rings (SSSR count). The van der Waals surface area contributed by atoms with Crippen LogP contribution in [-0.4, -0.2) is 17.1 Å². The first kappa shape index (κ1) is 19.0. The maximum atomic E-state index is 12.7. The minimum atomic E-state index is -0.218. The second-order valence-corrected chi connectivity index (χ2v) is 7.55. The highest BCUT2D eigenvalue weighted by Gasteiger charge is 2.18. The smallest absolute Gasteiger partial charge is 0.237 e. The summed E-state index contributed by atoms with van der Waals surface area (Å²) in [5.41, 5.74) is 1.53.